The zero-order chi connectivity index (χ0) is 4.83. The molecule has 0 spiro atoms. The molecule has 0 amide bonds. The predicted octanol–water partition coefficient (Wildman–Crippen LogP) is 1.02. The highest BCUT2D eigenvalue weighted by Gasteiger charge is 1.63. The van der Waals surface area contributed by atoms with Crippen molar-refractivity contribution in [2.45, 2.75) is 0 Å². The Morgan fingerprint density at radius 1 is 2.00 bits per heavy atom. The zero-order valence-corrected chi connectivity index (χ0v) is 3.98. The Hall–Kier alpha value is -0.240. The van der Waals surface area contributed by atoms with Crippen LogP contribution in [0.4, 0.5) is 0 Å². The maximum absolute atomic E-state index is 5.02. The molecular formula is C3H5ClNO. The second-order valence-electron chi connectivity index (χ2n) is 0.526. The van der Waals surface area contributed by atoms with E-state index in [0.717, 1.165) is 0 Å². The summed E-state index contributed by atoms with van der Waals surface area (Å²) in [6.45, 7) is 3.25. The fourth-order valence-electron chi connectivity index (χ4n) is 0.0809. The van der Waals surface area contributed by atoms with Gasteiger partial charge in [0.15, 0.2) is 6.07 Å². The summed E-state index contributed by atoms with van der Waals surface area (Å²) < 4.78 is 0. The predicted molar refractivity (Wildman–Crippen MR) is 25.7 cm³/mol. The smallest absolute Gasteiger partial charge is 0.190 e. The standard InChI is InChI=1S/C3H5ClNO/c1-2-5-6-3-4/h2H,1,3H2. The Morgan fingerprint density at radius 3 is 2.83 bits per heavy atom. The minimum Gasteiger partial charge on any atom is -0.380 e. The minimum absolute atomic E-state index is 0.0893. The van der Waals surface area contributed by atoms with Crippen LogP contribution in [0.2, 0.25) is 0 Å². The molecule has 0 saturated carbocycles. The molecule has 0 aromatic carbocycles. The van der Waals surface area contributed by atoms with Gasteiger partial charge in [0.2, 0.25) is 0 Å². The molecule has 0 atom stereocenters. The highest BCUT2D eigenvalue weighted by molar-refractivity contribution is 6.17. The summed E-state index contributed by atoms with van der Waals surface area (Å²) in [5.41, 5.74) is 0. The van der Waals surface area contributed by atoms with Crippen molar-refractivity contribution < 1.29 is 4.84 Å². The first-order valence-electron chi connectivity index (χ1n) is 1.40. The lowest BCUT2D eigenvalue weighted by atomic mass is 10.9. The molecule has 0 aliphatic rings. The highest BCUT2D eigenvalue weighted by atomic mass is 35.5. The van der Waals surface area contributed by atoms with Gasteiger partial charge in [-0.25, -0.2) is 0 Å². The summed E-state index contributed by atoms with van der Waals surface area (Å²) in [5.74, 6) is 0. The van der Waals surface area contributed by atoms with Gasteiger partial charge in [-0.3, -0.25) is 0 Å². The van der Waals surface area contributed by atoms with Crippen LogP contribution in [0.25, 0.3) is 0 Å². The van der Waals surface area contributed by atoms with Gasteiger partial charge in [0.05, 0.1) is 0 Å². The zero-order valence-electron chi connectivity index (χ0n) is 3.22. The first-order valence-corrected chi connectivity index (χ1v) is 1.94. The van der Waals surface area contributed by atoms with Crippen LogP contribution in [0.3, 0.4) is 0 Å². The molecule has 35 valence electrons. The van der Waals surface area contributed by atoms with Crippen molar-refractivity contribution in [3.63, 3.8) is 0 Å². The second-order valence-corrected chi connectivity index (χ2v) is 0.744. The van der Waals surface area contributed by atoms with E-state index in [-0.39, 0.29) is 6.07 Å². The Morgan fingerprint density at radius 2 is 2.67 bits per heavy atom. The van der Waals surface area contributed by atoms with Crippen LogP contribution < -0.4 is 0 Å². The van der Waals surface area contributed by atoms with Gasteiger partial charge in [-0.15, -0.1) is 0 Å². The van der Waals surface area contributed by atoms with Gasteiger partial charge in [0.25, 0.3) is 0 Å². The molecule has 0 unspecified atom stereocenters. The van der Waals surface area contributed by atoms with Gasteiger partial charge in [0.1, 0.15) is 0 Å². The molecule has 0 heterocycles. The van der Waals surface area contributed by atoms with Crippen LogP contribution in [-0.4, -0.2) is 12.3 Å². The number of alkyl halides is 1. The summed E-state index contributed by atoms with van der Waals surface area (Å²) in [4.78, 5) is 4.26. The average molecular weight is 107 g/mol. The Kier molecular flexibility index (Phi) is 4.57. The molecule has 2 nitrogen and oxygen atoms in total. The minimum atomic E-state index is 0.0893. The quantitative estimate of drug-likeness (QED) is 0.293. The van der Waals surface area contributed by atoms with E-state index < -0.39 is 0 Å². The molecule has 6 heavy (non-hydrogen) atoms. The van der Waals surface area contributed by atoms with E-state index in [1.165, 1.54) is 6.21 Å². The molecule has 0 aliphatic heterocycles. The van der Waals surface area contributed by atoms with Crippen LogP contribution in [0.15, 0.2) is 5.16 Å². The van der Waals surface area contributed by atoms with Crippen molar-refractivity contribution in [3.8, 4) is 0 Å². The highest BCUT2D eigenvalue weighted by Crippen LogP contribution is 1.75. The molecule has 0 aromatic heterocycles. The van der Waals surface area contributed by atoms with Gasteiger partial charge in [-0.1, -0.05) is 16.8 Å². The van der Waals surface area contributed by atoms with E-state index in [1.54, 1.807) is 0 Å². The van der Waals surface area contributed by atoms with Gasteiger partial charge < -0.3 is 4.84 Å². The number of hydrogen-bond donors (Lipinski definition) is 0. The van der Waals surface area contributed by atoms with Crippen molar-refractivity contribution in [2.24, 2.45) is 5.16 Å². The third-order valence-corrected chi connectivity index (χ3v) is 0.295. The lowest BCUT2D eigenvalue weighted by Crippen LogP contribution is -1.72. The van der Waals surface area contributed by atoms with E-state index in [2.05, 4.69) is 16.9 Å². The number of halogens is 1. The SMILES string of the molecule is [CH2]C=NOCCl. The van der Waals surface area contributed by atoms with Crippen LogP contribution >= 0.6 is 11.6 Å². The van der Waals surface area contributed by atoms with Gasteiger partial charge in [-0.05, 0) is 6.92 Å². The molecule has 0 aliphatic carbocycles. The third kappa shape index (κ3) is 3.76. The molecule has 0 aromatic rings. The summed E-state index contributed by atoms with van der Waals surface area (Å²) in [6.07, 6.45) is 1.28. The van der Waals surface area contributed by atoms with Gasteiger partial charge in [-0.2, -0.15) is 0 Å². The topological polar surface area (TPSA) is 21.6 Å². The fraction of sp³-hybridized carbons (Fsp3) is 0.333. The van der Waals surface area contributed by atoms with Crippen molar-refractivity contribution in [1.82, 2.24) is 0 Å². The van der Waals surface area contributed by atoms with Crippen molar-refractivity contribution in [2.75, 3.05) is 6.07 Å². The molecule has 0 saturated heterocycles. The Labute approximate surface area is 41.7 Å². The Balaban J connectivity index is 2.66. The number of rotatable bonds is 2. The lowest BCUT2D eigenvalue weighted by molar-refractivity contribution is 0.194. The summed E-state index contributed by atoms with van der Waals surface area (Å²) in [5, 5.41) is 3.22. The van der Waals surface area contributed by atoms with E-state index in [0.29, 0.717) is 0 Å². The number of hydrogen-bond acceptors (Lipinski definition) is 2. The first-order chi connectivity index (χ1) is 2.91. The van der Waals surface area contributed by atoms with Crippen LogP contribution in [0.1, 0.15) is 0 Å². The summed E-state index contributed by atoms with van der Waals surface area (Å²) in [6, 6.07) is 0.0893. The average Bonchev–Trinajstić information content (AvgIpc) is 1.61. The lowest BCUT2D eigenvalue weighted by Gasteiger charge is -1.82. The largest absolute Gasteiger partial charge is 0.380 e. The maximum atomic E-state index is 5.02. The van der Waals surface area contributed by atoms with Crippen molar-refractivity contribution in [3.05, 3.63) is 6.92 Å². The summed E-state index contributed by atoms with van der Waals surface area (Å²) in [7, 11) is 0. The molecule has 1 radical (unpaired) electrons. The normalized spacial score (nSPS) is 9.67. The Bertz CT molecular complexity index is 46.1. The van der Waals surface area contributed by atoms with Crippen molar-refractivity contribution >= 4 is 17.8 Å². The van der Waals surface area contributed by atoms with Crippen LogP contribution in [0.5, 0.6) is 0 Å². The monoisotopic (exact) mass is 106 g/mol. The summed E-state index contributed by atoms with van der Waals surface area (Å²) >= 11 is 5.02. The maximum Gasteiger partial charge on any atom is 0.190 e. The van der Waals surface area contributed by atoms with Crippen LogP contribution in [-0.2, 0) is 4.84 Å². The fourth-order valence-corrected chi connectivity index (χ4v) is 0.137. The van der Waals surface area contributed by atoms with Gasteiger partial charge >= 0.3 is 0 Å². The number of oxime groups is 1. The molecule has 0 rings (SSSR count). The third-order valence-electron chi connectivity index (χ3n) is 0.198. The van der Waals surface area contributed by atoms with E-state index >= 15 is 0 Å². The van der Waals surface area contributed by atoms with E-state index in [9.17, 15) is 0 Å². The van der Waals surface area contributed by atoms with Crippen molar-refractivity contribution in [1.29, 1.82) is 0 Å². The van der Waals surface area contributed by atoms with Crippen LogP contribution in [0, 0.1) is 6.92 Å². The first kappa shape index (κ1) is 5.76. The molecule has 0 fully saturated rings. The second kappa shape index (κ2) is 4.76. The number of nitrogens with zero attached hydrogens (tertiary/aromatic N) is 1. The molecular weight excluding hydrogens is 101 g/mol. The molecule has 0 N–H and O–H groups in total. The van der Waals surface area contributed by atoms with E-state index in [1.807, 2.05) is 0 Å². The van der Waals surface area contributed by atoms with E-state index in [4.69, 9.17) is 11.6 Å². The van der Waals surface area contributed by atoms with Gasteiger partial charge in [0, 0.05) is 6.21 Å². The molecule has 3 heteroatoms. The molecule has 0 bridgehead atoms.